The molecule has 0 amide bonds. The van der Waals surface area contributed by atoms with Gasteiger partial charge >= 0.3 is 0 Å². The van der Waals surface area contributed by atoms with Crippen molar-refractivity contribution in [3.63, 3.8) is 0 Å². The number of rotatable bonds is 3. The Bertz CT molecular complexity index is 352. The molecule has 0 bridgehead atoms. The van der Waals surface area contributed by atoms with Gasteiger partial charge in [-0.25, -0.2) is 0 Å². The highest BCUT2D eigenvalue weighted by atomic mass is 35.5. The smallest absolute Gasteiger partial charge is 0.151 e. The molecule has 0 atom stereocenters. The van der Waals surface area contributed by atoms with E-state index in [9.17, 15) is 4.79 Å². The minimum absolute atomic E-state index is 0.141. The summed E-state index contributed by atoms with van der Waals surface area (Å²) in [5.41, 5.74) is 0.399. The minimum atomic E-state index is 0.141. The fraction of sp³-hybridized carbons (Fsp3) is 0.100. The van der Waals surface area contributed by atoms with E-state index in [1.807, 2.05) is 0 Å². The molecule has 1 aromatic rings. The number of aldehydes is 1. The zero-order valence-corrected chi connectivity index (χ0v) is 7.54. The van der Waals surface area contributed by atoms with Crippen molar-refractivity contribution in [2.75, 3.05) is 6.61 Å². The molecule has 0 aliphatic heterocycles. The van der Waals surface area contributed by atoms with Crippen molar-refractivity contribution in [1.82, 2.24) is 0 Å². The Hall–Kier alpha value is -1.46. The van der Waals surface area contributed by atoms with Crippen molar-refractivity contribution >= 4 is 17.9 Å². The Balaban J connectivity index is 2.95. The number of ether oxygens (including phenoxy) is 1. The van der Waals surface area contributed by atoms with Crippen molar-refractivity contribution < 1.29 is 9.53 Å². The summed E-state index contributed by atoms with van der Waals surface area (Å²) in [7, 11) is 0. The molecule has 0 heterocycles. The topological polar surface area (TPSA) is 26.3 Å². The fourth-order valence-electron chi connectivity index (χ4n) is 0.850. The van der Waals surface area contributed by atoms with Gasteiger partial charge in [0.1, 0.15) is 12.4 Å². The van der Waals surface area contributed by atoms with E-state index in [2.05, 4.69) is 5.92 Å². The van der Waals surface area contributed by atoms with Crippen LogP contribution in [0.5, 0.6) is 5.75 Å². The minimum Gasteiger partial charge on any atom is -0.479 e. The molecule has 0 radical (unpaired) electrons. The molecule has 1 rings (SSSR count). The van der Waals surface area contributed by atoms with Gasteiger partial charge in [-0.1, -0.05) is 23.6 Å². The van der Waals surface area contributed by atoms with Gasteiger partial charge in [0.05, 0.1) is 5.02 Å². The summed E-state index contributed by atoms with van der Waals surface area (Å²) in [6, 6.07) is 4.95. The van der Waals surface area contributed by atoms with E-state index in [0.717, 1.165) is 0 Å². The zero-order chi connectivity index (χ0) is 9.68. The van der Waals surface area contributed by atoms with Gasteiger partial charge in [-0.2, -0.15) is 0 Å². The van der Waals surface area contributed by atoms with E-state index in [1.54, 1.807) is 18.2 Å². The van der Waals surface area contributed by atoms with Crippen LogP contribution in [0.4, 0.5) is 0 Å². The highest BCUT2D eigenvalue weighted by Crippen LogP contribution is 2.26. The van der Waals surface area contributed by atoms with Crippen molar-refractivity contribution in [2.45, 2.75) is 0 Å². The van der Waals surface area contributed by atoms with Crippen LogP contribution in [0.15, 0.2) is 18.2 Å². The molecule has 0 fully saturated rings. The summed E-state index contributed by atoms with van der Waals surface area (Å²) >= 11 is 5.82. The maximum Gasteiger partial charge on any atom is 0.151 e. The Morgan fingerprint density at radius 2 is 2.38 bits per heavy atom. The molecule has 3 heteroatoms. The molecule has 1 aromatic carbocycles. The largest absolute Gasteiger partial charge is 0.479 e. The lowest BCUT2D eigenvalue weighted by Crippen LogP contribution is -1.95. The number of terminal acetylenes is 1. The summed E-state index contributed by atoms with van der Waals surface area (Å²) < 4.78 is 5.10. The summed E-state index contributed by atoms with van der Waals surface area (Å²) in [6.45, 7) is 0.141. The Labute approximate surface area is 81.5 Å². The van der Waals surface area contributed by atoms with E-state index in [1.165, 1.54) is 0 Å². The summed E-state index contributed by atoms with van der Waals surface area (Å²) in [5.74, 6) is 2.75. The van der Waals surface area contributed by atoms with Gasteiger partial charge in [-0.05, 0) is 12.1 Å². The highest BCUT2D eigenvalue weighted by Gasteiger charge is 2.04. The van der Waals surface area contributed by atoms with Crippen LogP contribution in [0, 0.1) is 12.3 Å². The SMILES string of the molecule is C#CCOc1cccc(C=O)c1Cl. The first-order chi connectivity index (χ1) is 6.29. The van der Waals surface area contributed by atoms with Gasteiger partial charge in [-0.3, -0.25) is 4.79 Å². The van der Waals surface area contributed by atoms with Crippen LogP contribution in [0.3, 0.4) is 0 Å². The van der Waals surface area contributed by atoms with Gasteiger partial charge in [0, 0.05) is 5.56 Å². The predicted octanol–water partition coefficient (Wildman–Crippen LogP) is 2.16. The van der Waals surface area contributed by atoms with E-state index in [4.69, 9.17) is 22.8 Å². The van der Waals surface area contributed by atoms with E-state index < -0.39 is 0 Å². The molecule has 0 spiro atoms. The van der Waals surface area contributed by atoms with E-state index in [0.29, 0.717) is 22.6 Å². The molecule has 0 aromatic heterocycles. The Kier molecular flexibility index (Phi) is 3.36. The lowest BCUT2D eigenvalue weighted by atomic mass is 10.2. The molecule has 0 aliphatic carbocycles. The predicted molar refractivity (Wildman–Crippen MR) is 51.2 cm³/mol. The summed E-state index contributed by atoms with van der Waals surface area (Å²) in [4.78, 5) is 10.5. The number of carbonyl (C=O) groups is 1. The molecular formula is C10H7ClO2. The van der Waals surface area contributed by atoms with Crippen LogP contribution in [0.25, 0.3) is 0 Å². The lowest BCUT2D eigenvalue weighted by Gasteiger charge is -2.05. The lowest BCUT2D eigenvalue weighted by molar-refractivity contribution is 0.112. The maximum absolute atomic E-state index is 10.5. The zero-order valence-electron chi connectivity index (χ0n) is 6.79. The third-order valence-electron chi connectivity index (χ3n) is 1.43. The quantitative estimate of drug-likeness (QED) is 0.545. The molecule has 0 aliphatic rings. The van der Waals surface area contributed by atoms with Gasteiger partial charge < -0.3 is 4.74 Å². The van der Waals surface area contributed by atoms with Crippen LogP contribution in [-0.4, -0.2) is 12.9 Å². The van der Waals surface area contributed by atoms with Crippen LogP contribution >= 0.6 is 11.6 Å². The third-order valence-corrected chi connectivity index (χ3v) is 1.84. The first kappa shape index (κ1) is 9.63. The average Bonchev–Trinajstić information content (AvgIpc) is 2.16. The van der Waals surface area contributed by atoms with Crippen LogP contribution < -0.4 is 4.74 Å². The third kappa shape index (κ3) is 2.24. The number of hydrogen-bond acceptors (Lipinski definition) is 2. The Morgan fingerprint density at radius 3 is 3.00 bits per heavy atom. The average molecular weight is 195 g/mol. The standard InChI is InChI=1S/C10H7ClO2/c1-2-6-13-9-5-3-4-8(7-12)10(9)11/h1,3-5,7H,6H2. The van der Waals surface area contributed by atoms with Gasteiger partial charge in [0.25, 0.3) is 0 Å². The first-order valence-corrected chi connectivity index (χ1v) is 3.97. The highest BCUT2D eigenvalue weighted by molar-refractivity contribution is 6.34. The molecule has 66 valence electrons. The number of carbonyl (C=O) groups excluding carboxylic acids is 1. The van der Waals surface area contributed by atoms with Crippen molar-refractivity contribution in [1.29, 1.82) is 0 Å². The van der Waals surface area contributed by atoms with Crippen molar-refractivity contribution in [3.8, 4) is 18.1 Å². The molecule has 0 saturated carbocycles. The van der Waals surface area contributed by atoms with Crippen molar-refractivity contribution in [2.24, 2.45) is 0 Å². The van der Waals surface area contributed by atoms with E-state index >= 15 is 0 Å². The van der Waals surface area contributed by atoms with Gasteiger partial charge in [0.2, 0.25) is 0 Å². The number of hydrogen-bond donors (Lipinski definition) is 0. The normalized spacial score (nSPS) is 8.92. The summed E-state index contributed by atoms with van der Waals surface area (Å²) in [6.07, 6.45) is 5.68. The van der Waals surface area contributed by atoms with Crippen LogP contribution in [0.1, 0.15) is 10.4 Å². The second kappa shape index (κ2) is 4.54. The van der Waals surface area contributed by atoms with Gasteiger partial charge in [-0.15, -0.1) is 6.42 Å². The maximum atomic E-state index is 10.5. The summed E-state index contributed by atoms with van der Waals surface area (Å²) in [5, 5.41) is 0.299. The van der Waals surface area contributed by atoms with Gasteiger partial charge in [0.15, 0.2) is 6.29 Å². The molecule has 2 nitrogen and oxygen atoms in total. The Morgan fingerprint density at radius 1 is 1.62 bits per heavy atom. The molecule has 0 unspecified atom stereocenters. The second-order valence-corrected chi connectivity index (χ2v) is 2.65. The second-order valence-electron chi connectivity index (χ2n) is 2.27. The molecule has 13 heavy (non-hydrogen) atoms. The molecular weight excluding hydrogens is 188 g/mol. The molecule has 0 N–H and O–H groups in total. The fourth-order valence-corrected chi connectivity index (χ4v) is 1.07. The first-order valence-electron chi connectivity index (χ1n) is 3.59. The van der Waals surface area contributed by atoms with E-state index in [-0.39, 0.29) is 6.61 Å². The number of halogens is 1. The van der Waals surface area contributed by atoms with Crippen LogP contribution in [0.2, 0.25) is 5.02 Å². The number of benzene rings is 1. The van der Waals surface area contributed by atoms with Crippen LogP contribution in [-0.2, 0) is 0 Å². The molecule has 0 saturated heterocycles. The monoisotopic (exact) mass is 194 g/mol. The van der Waals surface area contributed by atoms with Crippen molar-refractivity contribution in [3.05, 3.63) is 28.8 Å².